The predicted octanol–water partition coefficient (Wildman–Crippen LogP) is 2.55. The van der Waals surface area contributed by atoms with E-state index in [0.717, 1.165) is 10.3 Å². The molecule has 0 radical (unpaired) electrons. The second-order valence-electron chi connectivity index (χ2n) is 2.96. The summed E-state index contributed by atoms with van der Waals surface area (Å²) in [4.78, 5) is 11.9. The lowest BCUT2D eigenvalue weighted by Crippen LogP contribution is -2.23. The van der Waals surface area contributed by atoms with Crippen LogP contribution in [0.4, 0.5) is 10.5 Å². The zero-order valence-corrected chi connectivity index (χ0v) is 7.60. The Labute approximate surface area is 80.4 Å². The van der Waals surface area contributed by atoms with Gasteiger partial charge in [-0.1, -0.05) is 12.1 Å². The maximum atomic E-state index is 10.7. The van der Waals surface area contributed by atoms with Crippen LogP contribution >= 0.6 is 0 Å². The lowest BCUT2D eigenvalue weighted by Gasteiger charge is -2.09. The summed E-state index contributed by atoms with van der Waals surface area (Å²) >= 11 is 0. The second-order valence-corrected chi connectivity index (χ2v) is 2.96. The van der Waals surface area contributed by atoms with Gasteiger partial charge >= 0.3 is 6.09 Å². The Hall–Kier alpha value is -1.97. The number of hydrogen-bond donors (Lipinski definition) is 1. The molecule has 1 heterocycles. The third-order valence-electron chi connectivity index (χ3n) is 2.11. The van der Waals surface area contributed by atoms with Crippen LogP contribution < -0.4 is 4.90 Å². The number of nitrogens with zero attached hydrogens (tertiary/aromatic N) is 1. The molecular formula is C10H9NO3. The smallest absolute Gasteiger partial charge is 0.411 e. The average molecular weight is 191 g/mol. The van der Waals surface area contributed by atoms with Crippen molar-refractivity contribution in [2.24, 2.45) is 0 Å². The van der Waals surface area contributed by atoms with Crippen LogP contribution in [0, 0.1) is 0 Å². The minimum Gasteiger partial charge on any atom is -0.465 e. The summed E-state index contributed by atoms with van der Waals surface area (Å²) in [5.41, 5.74) is 1.25. The van der Waals surface area contributed by atoms with Crippen molar-refractivity contribution in [3.63, 3.8) is 0 Å². The molecule has 1 aromatic heterocycles. The Morgan fingerprint density at radius 1 is 1.43 bits per heavy atom. The van der Waals surface area contributed by atoms with Crippen molar-refractivity contribution in [3.05, 3.63) is 30.5 Å². The number of fused-ring (bicyclic) bond motifs is 1. The number of benzene rings is 1. The molecule has 0 fully saturated rings. The SMILES string of the molecule is CN(C(=O)O)c1coc2ccccc12. The molecule has 4 heteroatoms. The molecule has 4 nitrogen and oxygen atoms in total. The van der Waals surface area contributed by atoms with Crippen LogP contribution in [0.2, 0.25) is 0 Å². The average Bonchev–Trinajstić information content (AvgIpc) is 2.60. The van der Waals surface area contributed by atoms with Gasteiger partial charge in [-0.15, -0.1) is 0 Å². The highest BCUT2D eigenvalue weighted by Gasteiger charge is 2.13. The summed E-state index contributed by atoms with van der Waals surface area (Å²) in [5, 5.41) is 9.60. The molecule has 0 aliphatic rings. The van der Waals surface area contributed by atoms with E-state index in [1.807, 2.05) is 18.2 Å². The number of rotatable bonds is 1. The van der Waals surface area contributed by atoms with E-state index in [1.54, 1.807) is 6.07 Å². The molecule has 0 atom stereocenters. The lowest BCUT2D eigenvalue weighted by molar-refractivity contribution is 0.203. The van der Waals surface area contributed by atoms with Gasteiger partial charge in [0.25, 0.3) is 0 Å². The van der Waals surface area contributed by atoms with E-state index in [4.69, 9.17) is 9.52 Å². The van der Waals surface area contributed by atoms with Gasteiger partial charge in [-0.05, 0) is 12.1 Å². The third-order valence-corrected chi connectivity index (χ3v) is 2.11. The Bertz CT molecular complexity index is 475. The van der Waals surface area contributed by atoms with Crippen LogP contribution in [0.5, 0.6) is 0 Å². The number of carboxylic acid groups (broad SMARTS) is 1. The predicted molar refractivity (Wildman–Crippen MR) is 52.6 cm³/mol. The molecule has 0 bridgehead atoms. The zero-order chi connectivity index (χ0) is 10.1. The lowest BCUT2D eigenvalue weighted by atomic mass is 10.2. The minimum atomic E-state index is -1.00. The second kappa shape index (κ2) is 3.06. The molecule has 14 heavy (non-hydrogen) atoms. The van der Waals surface area contributed by atoms with E-state index in [9.17, 15) is 4.79 Å². The number of para-hydroxylation sites is 1. The van der Waals surface area contributed by atoms with Crippen molar-refractivity contribution in [1.29, 1.82) is 0 Å². The van der Waals surface area contributed by atoms with E-state index in [2.05, 4.69) is 0 Å². The first-order chi connectivity index (χ1) is 6.70. The number of amides is 1. The van der Waals surface area contributed by atoms with Crippen LogP contribution in [0.3, 0.4) is 0 Å². The van der Waals surface area contributed by atoms with Gasteiger partial charge in [0.05, 0.1) is 5.69 Å². The van der Waals surface area contributed by atoms with Crippen molar-refractivity contribution in [2.45, 2.75) is 0 Å². The van der Waals surface area contributed by atoms with Gasteiger partial charge in [0.15, 0.2) is 0 Å². The fourth-order valence-corrected chi connectivity index (χ4v) is 1.33. The van der Waals surface area contributed by atoms with E-state index >= 15 is 0 Å². The minimum absolute atomic E-state index is 0.563. The summed E-state index contributed by atoms with van der Waals surface area (Å²) in [7, 11) is 1.49. The van der Waals surface area contributed by atoms with Crippen molar-refractivity contribution in [1.82, 2.24) is 0 Å². The van der Waals surface area contributed by atoms with Gasteiger partial charge in [0, 0.05) is 12.4 Å². The maximum Gasteiger partial charge on any atom is 0.411 e. The Balaban J connectivity index is 2.58. The molecule has 0 saturated heterocycles. The molecule has 0 saturated carbocycles. The molecule has 2 aromatic rings. The normalized spacial score (nSPS) is 10.4. The standard InChI is InChI=1S/C10H9NO3/c1-11(10(12)13)8-6-14-9-5-3-2-4-7(8)9/h2-6H,1H3,(H,12,13). The number of anilines is 1. The molecule has 0 aliphatic carbocycles. The highest BCUT2D eigenvalue weighted by molar-refractivity contribution is 5.98. The Morgan fingerprint density at radius 3 is 2.86 bits per heavy atom. The van der Waals surface area contributed by atoms with E-state index < -0.39 is 6.09 Å². The molecular weight excluding hydrogens is 182 g/mol. The molecule has 1 amide bonds. The fraction of sp³-hybridized carbons (Fsp3) is 0.100. The molecule has 1 aromatic carbocycles. The molecule has 1 N–H and O–H groups in total. The van der Waals surface area contributed by atoms with Gasteiger partial charge in [-0.25, -0.2) is 4.79 Å². The number of hydrogen-bond acceptors (Lipinski definition) is 2. The van der Waals surface area contributed by atoms with Crippen molar-refractivity contribution >= 4 is 22.7 Å². The largest absolute Gasteiger partial charge is 0.465 e. The van der Waals surface area contributed by atoms with Crippen LogP contribution in [0.25, 0.3) is 11.0 Å². The first kappa shape index (κ1) is 8.62. The monoisotopic (exact) mass is 191 g/mol. The maximum absolute atomic E-state index is 10.7. The first-order valence-electron chi connectivity index (χ1n) is 4.13. The van der Waals surface area contributed by atoms with Gasteiger partial charge in [-0.2, -0.15) is 0 Å². The van der Waals surface area contributed by atoms with Gasteiger partial charge in [-0.3, -0.25) is 4.90 Å². The first-order valence-corrected chi connectivity index (χ1v) is 4.13. The summed E-state index contributed by atoms with van der Waals surface area (Å²) < 4.78 is 5.22. The highest BCUT2D eigenvalue weighted by Crippen LogP contribution is 2.27. The number of furan rings is 1. The van der Waals surface area contributed by atoms with E-state index in [-0.39, 0.29) is 0 Å². The number of carbonyl (C=O) groups is 1. The van der Waals surface area contributed by atoms with E-state index in [0.29, 0.717) is 11.3 Å². The molecule has 0 unspecified atom stereocenters. The molecule has 0 spiro atoms. The molecule has 2 rings (SSSR count). The topological polar surface area (TPSA) is 53.7 Å². The van der Waals surface area contributed by atoms with Crippen LogP contribution in [0.15, 0.2) is 34.9 Å². The van der Waals surface area contributed by atoms with Crippen molar-refractivity contribution < 1.29 is 14.3 Å². The summed E-state index contributed by atoms with van der Waals surface area (Å²) in [6, 6.07) is 7.32. The highest BCUT2D eigenvalue weighted by atomic mass is 16.4. The summed E-state index contributed by atoms with van der Waals surface area (Å²) in [5.74, 6) is 0. The summed E-state index contributed by atoms with van der Waals surface area (Å²) in [6.07, 6.45) is 0.440. The van der Waals surface area contributed by atoms with Crippen molar-refractivity contribution in [3.8, 4) is 0 Å². The van der Waals surface area contributed by atoms with Gasteiger partial charge in [0.1, 0.15) is 11.8 Å². The quantitative estimate of drug-likeness (QED) is 0.753. The van der Waals surface area contributed by atoms with Crippen LogP contribution in [-0.2, 0) is 0 Å². The van der Waals surface area contributed by atoms with Gasteiger partial charge < -0.3 is 9.52 Å². The third kappa shape index (κ3) is 1.21. The fourth-order valence-electron chi connectivity index (χ4n) is 1.33. The van der Waals surface area contributed by atoms with Crippen LogP contribution in [-0.4, -0.2) is 18.2 Å². The van der Waals surface area contributed by atoms with Crippen LogP contribution in [0.1, 0.15) is 0 Å². The Morgan fingerprint density at radius 2 is 2.14 bits per heavy atom. The summed E-state index contributed by atoms with van der Waals surface area (Å²) in [6.45, 7) is 0. The Kier molecular flexibility index (Phi) is 1.89. The molecule has 0 aliphatic heterocycles. The van der Waals surface area contributed by atoms with Gasteiger partial charge in [0.2, 0.25) is 0 Å². The van der Waals surface area contributed by atoms with Crippen molar-refractivity contribution in [2.75, 3.05) is 11.9 Å². The zero-order valence-electron chi connectivity index (χ0n) is 7.60. The molecule has 72 valence electrons. The van der Waals surface area contributed by atoms with E-state index in [1.165, 1.54) is 13.3 Å².